The quantitative estimate of drug-likeness (QED) is 0.694. The number of aromatic nitrogens is 2. The molecule has 0 aromatic carbocycles. The molecule has 0 amide bonds. The molecule has 3 rings (SSSR count). The predicted molar refractivity (Wildman–Crippen MR) is 106 cm³/mol. The van der Waals surface area contributed by atoms with Crippen LogP contribution in [0.25, 0.3) is 11.3 Å². The van der Waals surface area contributed by atoms with Crippen molar-refractivity contribution in [3.8, 4) is 11.3 Å². The van der Waals surface area contributed by atoms with Gasteiger partial charge in [-0.25, -0.2) is 9.37 Å². The molecule has 1 saturated heterocycles. The average Bonchev–Trinajstić information content (AvgIpc) is 2.64. The monoisotopic (exact) mass is 392 g/mol. The van der Waals surface area contributed by atoms with E-state index >= 15 is 0 Å². The molecule has 27 heavy (non-hydrogen) atoms. The minimum absolute atomic E-state index is 0.00801. The molecule has 0 unspecified atom stereocenters. The second kappa shape index (κ2) is 9.44. The summed E-state index contributed by atoms with van der Waals surface area (Å²) in [5, 5.41) is 12.7. The molecule has 0 spiro atoms. The van der Waals surface area contributed by atoms with Gasteiger partial charge in [0, 0.05) is 42.8 Å². The van der Waals surface area contributed by atoms with Crippen LogP contribution in [-0.2, 0) is 6.54 Å². The summed E-state index contributed by atoms with van der Waals surface area (Å²) in [4.78, 5) is 10.8. The second-order valence-corrected chi connectivity index (χ2v) is 7.51. The Morgan fingerprint density at radius 3 is 2.70 bits per heavy atom. The summed E-state index contributed by atoms with van der Waals surface area (Å²) in [5.74, 6) is -0.369. The summed E-state index contributed by atoms with van der Waals surface area (Å²) in [5.41, 5.74) is 2.35. The average molecular weight is 393 g/mol. The number of aliphatic hydroxyl groups excluding tert-OH is 1. The van der Waals surface area contributed by atoms with Crippen molar-refractivity contribution in [2.45, 2.75) is 45.2 Å². The highest BCUT2D eigenvalue weighted by Crippen LogP contribution is 2.31. The third-order valence-corrected chi connectivity index (χ3v) is 5.05. The summed E-state index contributed by atoms with van der Waals surface area (Å²) in [6.07, 6.45) is 7.52. The summed E-state index contributed by atoms with van der Waals surface area (Å²) < 4.78 is 14.8. The van der Waals surface area contributed by atoms with Gasteiger partial charge in [-0.05, 0) is 57.0 Å². The van der Waals surface area contributed by atoms with Crippen LogP contribution >= 0.6 is 11.6 Å². The number of pyridine rings is 2. The molecule has 0 radical (unpaired) electrons. The Morgan fingerprint density at radius 2 is 2.00 bits per heavy atom. The van der Waals surface area contributed by atoms with Gasteiger partial charge in [0.2, 0.25) is 0 Å². The van der Waals surface area contributed by atoms with Crippen molar-refractivity contribution in [1.82, 2.24) is 14.9 Å². The highest BCUT2D eigenvalue weighted by Gasteiger charge is 2.17. The van der Waals surface area contributed by atoms with Crippen molar-refractivity contribution in [2.24, 2.45) is 0 Å². The van der Waals surface area contributed by atoms with E-state index < -0.39 is 0 Å². The Labute approximate surface area is 164 Å². The van der Waals surface area contributed by atoms with Crippen LogP contribution in [0, 0.1) is 5.82 Å². The Bertz CT molecular complexity index is 768. The number of likely N-dealkylation sites (tertiary alicyclic amines) is 1. The molecule has 1 aliphatic rings. The molecular weight excluding hydrogens is 367 g/mol. The number of hydrogen-bond acceptors (Lipinski definition) is 5. The van der Waals surface area contributed by atoms with E-state index in [0.29, 0.717) is 22.8 Å². The third kappa shape index (κ3) is 5.37. The van der Waals surface area contributed by atoms with Crippen LogP contribution in [0.1, 0.15) is 38.2 Å². The van der Waals surface area contributed by atoms with Gasteiger partial charge >= 0.3 is 0 Å². The van der Waals surface area contributed by atoms with Crippen LogP contribution in [0.4, 0.5) is 10.1 Å². The fourth-order valence-electron chi connectivity index (χ4n) is 3.41. The fraction of sp³-hybridized carbons (Fsp3) is 0.500. The summed E-state index contributed by atoms with van der Waals surface area (Å²) in [7, 11) is 0. The van der Waals surface area contributed by atoms with Gasteiger partial charge in [-0.3, -0.25) is 9.88 Å². The zero-order chi connectivity index (χ0) is 19.2. The van der Waals surface area contributed by atoms with Gasteiger partial charge in [-0.2, -0.15) is 0 Å². The van der Waals surface area contributed by atoms with Crippen LogP contribution in [0.5, 0.6) is 0 Å². The van der Waals surface area contributed by atoms with E-state index in [2.05, 4.69) is 20.2 Å². The van der Waals surface area contributed by atoms with Gasteiger partial charge in [0.15, 0.2) is 0 Å². The minimum Gasteiger partial charge on any atom is -0.396 e. The van der Waals surface area contributed by atoms with Crippen molar-refractivity contribution < 1.29 is 9.50 Å². The molecule has 1 atom stereocenters. The molecule has 146 valence electrons. The molecule has 0 saturated carbocycles. The van der Waals surface area contributed by atoms with Crippen molar-refractivity contribution >= 4 is 17.3 Å². The van der Waals surface area contributed by atoms with Crippen LogP contribution in [0.15, 0.2) is 24.5 Å². The number of rotatable bonds is 7. The van der Waals surface area contributed by atoms with E-state index in [1.807, 2.05) is 6.92 Å². The Morgan fingerprint density at radius 1 is 1.22 bits per heavy atom. The standard InChI is InChI=1S/C20H26ClFN4O/c1-14(5-8-27)25-18-10-19(21)23-12-16(18)20-17(22)9-15(11-24-20)13-26-6-3-2-4-7-26/h9-12,14,27H,2-8,13H2,1H3,(H,23,25)/t14-/m0/s1. The fourth-order valence-corrected chi connectivity index (χ4v) is 3.57. The van der Waals surface area contributed by atoms with Gasteiger partial charge in [-0.1, -0.05) is 18.0 Å². The number of piperidine rings is 1. The van der Waals surface area contributed by atoms with Gasteiger partial charge < -0.3 is 10.4 Å². The normalized spacial score (nSPS) is 16.3. The van der Waals surface area contributed by atoms with Crippen molar-refractivity contribution in [1.29, 1.82) is 0 Å². The zero-order valence-corrected chi connectivity index (χ0v) is 16.3. The summed E-state index contributed by atoms with van der Waals surface area (Å²) >= 11 is 6.02. The zero-order valence-electron chi connectivity index (χ0n) is 15.6. The maximum absolute atomic E-state index is 14.8. The minimum atomic E-state index is -0.369. The molecule has 1 fully saturated rings. The van der Waals surface area contributed by atoms with E-state index in [-0.39, 0.29) is 24.2 Å². The molecule has 2 aromatic rings. The van der Waals surface area contributed by atoms with Crippen LogP contribution in [-0.4, -0.2) is 45.7 Å². The summed E-state index contributed by atoms with van der Waals surface area (Å²) in [6, 6.07) is 3.23. The molecular formula is C20H26ClFN4O. The number of nitrogens with zero attached hydrogens (tertiary/aromatic N) is 3. The van der Waals surface area contributed by atoms with Crippen molar-refractivity contribution in [3.63, 3.8) is 0 Å². The van der Waals surface area contributed by atoms with Gasteiger partial charge in [0.25, 0.3) is 0 Å². The van der Waals surface area contributed by atoms with Crippen LogP contribution in [0.2, 0.25) is 5.15 Å². The van der Waals surface area contributed by atoms with E-state index in [1.165, 1.54) is 25.5 Å². The topological polar surface area (TPSA) is 61.3 Å². The Balaban J connectivity index is 1.83. The van der Waals surface area contributed by atoms with Crippen molar-refractivity contribution in [3.05, 3.63) is 41.1 Å². The van der Waals surface area contributed by atoms with E-state index in [0.717, 1.165) is 25.2 Å². The van der Waals surface area contributed by atoms with E-state index in [9.17, 15) is 4.39 Å². The molecule has 0 aliphatic carbocycles. The number of halogens is 2. The Hall–Kier alpha value is -1.76. The summed E-state index contributed by atoms with van der Waals surface area (Å²) in [6.45, 7) is 4.85. The van der Waals surface area contributed by atoms with Gasteiger partial charge in [0.05, 0.1) is 0 Å². The van der Waals surface area contributed by atoms with Crippen LogP contribution in [0.3, 0.4) is 0 Å². The molecule has 2 N–H and O–H groups in total. The van der Waals surface area contributed by atoms with Gasteiger partial charge in [0.1, 0.15) is 16.7 Å². The number of aliphatic hydroxyl groups is 1. The lowest BCUT2D eigenvalue weighted by Crippen LogP contribution is -2.29. The molecule has 0 bridgehead atoms. The molecule has 7 heteroatoms. The predicted octanol–water partition coefficient (Wildman–Crippen LogP) is 4.10. The number of nitrogens with one attached hydrogen (secondary N) is 1. The third-order valence-electron chi connectivity index (χ3n) is 4.84. The first kappa shape index (κ1) is 20.0. The lowest BCUT2D eigenvalue weighted by Gasteiger charge is -2.26. The van der Waals surface area contributed by atoms with Crippen molar-refractivity contribution in [2.75, 3.05) is 25.0 Å². The molecule has 2 aromatic heterocycles. The van der Waals surface area contributed by atoms with E-state index in [1.54, 1.807) is 18.3 Å². The number of anilines is 1. The number of hydrogen-bond donors (Lipinski definition) is 2. The van der Waals surface area contributed by atoms with Gasteiger partial charge in [-0.15, -0.1) is 0 Å². The first-order valence-electron chi connectivity index (χ1n) is 9.47. The highest BCUT2D eigenvalue weighted by atomic mass is 35.5. The smallest absolute Gasteiger partial charge is 0.149 e. The first-order chi connectivity index (χ1) is 13.1. The SMILES string of the molecule is C[C@@H](CCO)Nc1cc(Cl)ncc1-c1ncc(CN2CCCCC2)cc1F. The second-order valence-electron chi connectivity index (χ2n) is 7.12. The molecule has 5 nitrogen and oxygen atoms in total. The first-order valence-corrected chi connectivity index (χ1v) is 9.84. The maximum atomic E-state index is 14.8. The van der Waals surface area contributed by atoms with E-state index in [4.69, 9.17) is 16.7 Å². The lowest BCUT2D eigenvalue weighted by molar-refractivity contribution is 0.220. The highest BCUT2D eigenvalue weighted by molar-refractivity contribution is 6.29. The van der Waals surface area contributed by atoms with Crippen LogP contribution < -0.4 is 5.32 Å². The lowest BCUT2D eigenvalue weighted by atomic mass is 10.1. The molecule has 1 aliphatic heterocycles. The largest absolute Gasteiger partial charge is 0.396 e. The Kier molecular flexibility index (Phi) is 6.99. The maximum Gasteiger partial charge on any atom is 0.149 e. The molecule has 3 heterocycles.